The molecule has 0 N–H and O–H groups in total. The van der Waals surface area contributed by atoms with Gasteiger partial charge in [0, 0.05) is 41.4 Å². The first-order valence-corrected chi connectivity index (χ1v) is 8.77. The number of nitrogens with zero attached hydrogens (tertiary/aromatic N) is 1. The number of fused-ring (bicyclic) bond motifs is 1. The Morgan fingerprint density at radius 1 is 1.24 bits per heavy atom. The van der Waals surface area contributed by atoms with Crippen molar-refractivity contribution in [2.75, 3.05) is 13.2 Å². The van der Waals surface area contributed by atoms with Crippen molar-refractivity contribution >= 4 is 16.9 Å². The van der Waals surface area contributed by atoms with Gasteiger partial charge in [-0.05, 0) is 30.3 Å². The van der Waals surface area contributed by atoms with Crippen molar-refractivity contribution in [2.45, 2.75) is 12.6 Å². The molecule has 0 bridgehead atoms. The van der Waals surface area contributed by atoms with Crippen molar-refractivity contribution in [3.63, 3.8) is 0 Å². The number of carbonyl (C=O) groups excluding carboxylic acids is 1. The van der Waals surface area contributed by atoms with E-state index in [-0.39, 0.29) is 6.61 Å². The van der Waals surface area contributed by atoms with E-state index in [2.05, 4.69) is 11.6 Å². The van der Waals surface area contributed by atoms with Crippen LogP contribution in [0.25, 0.3) is 22.3 Å². The molecule has 5 nitrogen and oxygen atoms in total. The van der Waals surface area contributed by atoms with Crippen molar-refractivity contribution in [1.29, 1.82) is 0 Å². The second-order valence-corrected chi connectivity index (χ2v) is 6.38. The molecule has 0 radical (unpaired) electrons. The Morgan fingerprint density at radius 3 is 2.76 bits per heavy atom. The maximum atomic E-state index is 12.8. The van der Waals surface area contributed by atoms with Gasteiger partial charge in [0.05, 0.1) is 19.6 Å². The predicted molar refractivity (Wildman–Crippen MR) is 100 cm³/mol. The van der Waals surface area contributed by atoms with Crippen LogP contribution < -0.4 is 4.74 Å². The maximum absolute atomic E-state index is 12.8. The monoisotopic (exact) mass is 405 g/mol. The summed E-state index contributed by atoms with van der Waals surface area (Å²) in [6.07, 6.45) is -1.32. The lowest BCUT2D eigenvalue weighted by atomic mass is 10.1. The lowest BCUT2D eigenvalue weighted by Gasteiger charge is -2.19. The number of ether oxygens (including phenoxy) is 2. The van der Waals surface area contributed by atoms with Crippen molar-refractivity contribution in [3.05, 3.63) is 61.4 Å². The SMILES string of the molecule is C=CC(=O)OCC(COc1ccc2cc(-c3cccnc3)oc2c1)CC(F)(F)F. The van der Waals surface area contributed by atoms with Gasteiger partial charge in [-0.15, -0.1) is 0 Å². The Balaban J connectivity index is 1.70. The number of alkyl halides is 3. The number of esters is 1. The fourth-order valence-electron chi connectivity index (χ4n) is 2.72. The minimum atomic E-state index is -4.40. The van der Waals surface area contributed by atoms with Crippen molar-refractivity contribution in [2.24, 2.45) is 5.92 Å². The number of hydrogen-bond donors (Lipinski definition) is 0. The Labute approximate surface area is 164 Å². The van der Waals surface area contributed by atoms with E-state index in [0.717, 1.165) is 17.0 Å². The summed E-state index contributed by atoms with van der Waals surface area (Å²) in [5.74, 6) is -0.849. The summed E-state index contributed by atoms with van der Waals surface area (Å²) in [5, 5.41) is 0.822. The van der Waals surface area contributed by atoms with Crippen LogP contribution >= 0.6 is 0 Å². The normalized spacial score (nSPS) is 12.5. The average molecular weight is 405 g/mol. The topological polar surface area (TPSA) is 61.6 Å². The average Bonchev–Trinajstić information content (AvgIpc) is 3.13. The summed E-state index contributed by atoms with van der Waals surface area (Å²) in [5.41, 5.74) is 1.34. The number of carbonyl (C=O) groups is 1. The van der Waals surface area contributed by atoms with Crippen LogP contribution in [-0.4, -0.2) is 30.3 Å². The van der Waals surface area contributed by atoms with Gasteiger partial charge in [0.2, 0.25) is 0 Å². The molecule has 1 unspecified atom stereocenters. The van der Waals surface area contributed by atoms with Gasteiger partial charge < -0.3 is 13.9 Å². The lowest BCUT2D eigenvalue weighted by Crippen LogP contribution is -2.25. The van der Waals surface area contributed by atoms with Crippen LogP contribution in [0, 0.1) is 5.92 Å². The molecule has 0 aliphatic heterocycles. The molecule has 0 saturated carbocycles. The number of pyridine rings is 1. The highest BCUT2D eigenvalue weighted by Gasteiger charge is 2.33. The quantitative estimate of drug-likeness (QED) is 0.382. The zero-order valence-corrected chi connectivity index (χ0v) is 15.3. The molecule has 1 aromatic carbocycles. The Bertz CT molecular complexity index is 983. The molecular formula is C21H18F3NO4. The summed E-state index contributed by atoms with van der Waals surface area (Å²) in [6.45, 7) is 2.53. The molecule has 152 valence electrons. The van der Waals surface area contributed by atoms with Crippen molar-refractivity contribution in [1.82, 2.24) is 4.98 Å². The highest BCUT2D eigenvalue weighted by molar-refractivity contribution is 5.83. The largest absolute Gasteiger partial charge is 0.493 e. The Hall–Kier alpha value is -3.29. The van der Waals surface area contributed by atoms with Crippen LogP contribution in [-0.2, 0) is 9.53 Å². The highest BCUT2D eigenvalue weighted by Crippen LogP contribution is 2.31. The van der Waals surface area contributed by atoms with E-state index in [1.807, 2.05) is 12.1 Å². The summed E-state index contributed by atoms with van der Waals surface area (Å²) < 4.78 is 54.4. The van der Waals surface area contributed by atoms with Crippen LogP contribution in [0.15, 0.2) is 65.9 Å². The fraction of sp³-hybridized carbons (Fsp3) is 0.238. The minimum Gasteiger partial charge on any atom is -0.493 e. The Morgan fingerprint density at radius 2 is 2.07 bits per heavy atom. The second kappa shape index (κ2) is 8.81. The standard InChI is InChI=1S/C21H18F3NO4/c1-2-20(26)28-13-14(10-21(22,23)24)12-27-17-6-5-15-8-18(29-19(15)9-17)16-4-3-7-25-11-16/h2-9,11,14H,1,10,12-13H2. The van der Waals surface area contributed by atoms with Gasteiger partial charge in [-0.1, -0.05) is 6.58 Å². The molecule has 0 aliphatic rings. The third-order valence-corrected chi connectivity index (χ3v) is 4.07. The number of hydrogen-bond acceptors (Lipinski definition) is 5. The molecule has 29 heavy (non-hydrogen) atoms. The summed E-state index contributed by atoms with van der Waals surface area (Å²) in [7, 11) is 0. The van der Waals surface area contributed by atoms with Crippen LogP contribution in [0.4, 0.5) is 13.2 Å². The molecule has 8 heteroatoms. The molecule has 0 saturated heterocycles. The first kappa shape index (κ1) is 20.4. The number of rotatable bonds is 8. The molecule has 0 amide bonds. The van der Waals surface area contributed by atoms with Crippen LogP contribution in [0.5, 0.6) is 5.75 Å². The minimum absolute atomic E-state index is 0.272. The molecule has 2 aromatic heterocycles. The number of aromatic nitrogens is 1. The zero-order valence-electron chi connectivity index (χ0n) is 15.3. The van der Waals surface area contributed by atoms with E-state index < -0.39 is 31.1 Å². The van der Waals surface area contributed by atoms with Crippen LogP contribution in [0.2, 0.25) is 0 Å². The van der Waals surface area contributed by atoms with E-state index in [1.165, 1.54) is 0 Å². The van der Waals surface area contributed by atoms with E-state index in [0.29, 0.717) is 17.1 Å². The molecule has 0 fully saturated rings. The number of benzene rings is 1. The summed E-state index contributed by atoms with van der Waals surface area (Å²) in [6, 6.07) is 10.5. The molecule has 3 rings (SSSR count). The summed E-state index contributed by atoms with van der Waals surface area (Å²) >= 11 is 0. The third kappa shape index (κ3) is 5.84. The molecule has 2 heterocycles. The molecule has 0 spiro atoms. The van der Waals surface area contributed by atoms with Crippen molar-refractivity contribution < 1.29 is 31.9 Å². The highest BCUT2D eigenvalue weighted by atomic mass is 19.4. The van der Waals surface area contributed by atoms with Gasteiger partial charge in [-0.3, -0.25) is 4.98 Å². The molecule has 3 aromatic rings. The lowest BCUT2D eigenvalue weighted by molar-refractivity contribution is -0.157. The Kier molecular flexibility index (Phi) is 6.21. The first-order chi connectivity index (χ1) is 13.8. The summed E-state index contributed by atoms with van der Waals surface area (Å²) in [4.78, 5) is 15.2. The van der Waals surface area contributed by atoms with Gasteiger partial charge >= 0.3 is 12.1 Å². The van der Waals surface area contributed by atoms with Gasteiger partial charge in [-0.2, -0.15) is 13.2 Å². The van der Waals surface area contributed by atoms with E-state index in [9.17, 15) is 18.0 Å². The van der Waals surface area contributed by atoms with Gasteiger partial charge in [0.25, 0.3) is 0 Å². The van der Waals surface area contributed by atoms with Crippen LogP contribution in [0.3, 0.4) is 0 Å². The van der Waals surface area contributed by atoms with E-state index in [4.69, 9.17) is 13.9 Å². The molecule has 1 atom stereocenters. The maximum Gasteiger partial charge on any atom is 0.389 e. The van der Waals surface area contributed by atoms with Crippen LogP contribution in [0.1, 0.15) is 6.42 Å². The molecular weight excluding hydrogens is 387 g/mol. The predicted octanol–water partition coefficient (Wildman–Crippen LogP) is 5.17. The zero-order chi connectivity index (χ0) is 20.9. The molecule has 0 aliphatic carbocycles. The van der Waals surface area contributed by atoms with Gasteiger partial charge in [-0.25, -0.2) is 4.79 Å². The van der Waals surface area contributed by atoms with Gasteiger partial charge in [0.15, 0.2) is 0 Å². The fourth-order valence-corrected chi connectivity index (χ4v) is 2.72. The smallest absolute Gasteiger partial charge is 0.389 e. The number of halogens is 3. The van der Waals surface area contributed by atoms with Crippen molar-refractivity contribution in [3.8, 4) is 17.1 Å². The number of furan rings is 1. The van der Waals surface area contributed by atoms with Gasteiger partial charge in [0.1, 0.15) is 17.1 Å². The second-order valence-electron chi connectivity index (χ2n) is 6.38. The van der Waals surface area contributed by atoms with E-state index in [1.54, 1.807) is 36.7 Å². The first-order valence-electron chi connectivity index (χ1n) is 8.77. The van der Waals surface area contributed by atoms with E-state index >= 15 is 0 Å². The third-order valence-electron chi connectivity index (χ3n) is 4.07.